The van der Waals surface area contributed by atoms with Crippen LogP contribution >= 0.6 is 11.8 Å². The fourth-order valence-electron chi connectivity index (χ4n) is 3.88. The molecule has 0 spiro atoms. The molecule has 0 atom stereocenters. The van der Waals surface area contributed by atoms with Gasteiger partial charge in [0, 0.05) is 12.1 Å². The molecule has 1 aliphatic rings. The van der Waals surface area contributed by atoms with Crippen molar-refractivity contribution in [3.63, 3.8) is 0 Å². The third-order valence-corrected chi connectivity index (χ3v) is 6.60. The number of carbonyl (C=O) groups excluding carboxylic acids is 1. The van der Waals surface area contributed by atoms with Crippen molar-refractivity contribution in [1.29, 1.82) is 0 Å². The SMILES string of the molecule is C=CCc1cc(/C=C2/SC(=Nc3ccc(F)cc3)N(CC)C2=O)cc(OCC)c1OCc1ccccc1. The number of halogens is 1. The summed E-state index contributed by atoms with van der Waals surface area (Å²) in [5, 5.41) is 0.560. The maximum absolute atomic E-state index is 13.3. The van der Waals surface area contributed by atoms with Crippen LogP contribution in [0, 0.1) is 5.82 Å². The number of amidine groups is 1. The van der Waals surface area contributed by atoms with Gasteiger partial charge in [0.05, 0.1) is 17.2 Å². The van der Waals surface area contributed by atoms with E-state index < -0.39 is 0 Å². The predicted octanol–water partition coefficient (Wildman–Crippen LogP) is 7.16. The second kappa shape index (κ2) is 12.4. The molecule has 7 heteroatoms. The monoisotopic (exact) mass is 516 g/mol. The third-order valence-electron chi connectivity index (χ3n) is 5.60. The lowest BCUT2D eigenvalue weighted by Crippen LogP contribution is -2.28. The molecule has 1 amide bonds. The van der Waals surface area contributed by atoms with Crippen LogP contribution in [-0.4, -0.2) is 29.1 Å². The normalized spacial score (nSPS) is 15.4. The molecule has 0 radical (unpaired) electrons. The minimum Gasteiger partial charge on any atom is -0.490 e. The van der Waals surface area contributed by atoms with Gasteiger partial charge in [0.1, 0.15) is 12.4 Å². The highest BCUT2D eigenvalue weighted by atomic mass is 32.2. The maximum atomic E-state index is 13.3. The Labute approximate surface area is 221 Å². The number of hydrogen-bond acceptors (Lipinski definition) is 5. The van der Waals surface area contributed by atoms with Gasteiger partial charge in [-0.25, -0.2) is 9.38 Å². The molecule has 0 aromatic heterocycles. The molecule has 190 valence electrons. The van der Waals surface area contributed by atoms with E-state index in [2.05, 4.69) is 11.6 Å². The van der Waals surface area contributed by atoms with Crippen LogP contribution in [-0.2, 0) is 17.8 Å². The zero-order chi connectivity index (χ0) is 26.2. The van der Waals surface area contributed by atoms with Crippen molar-refractivity contribution < 1.29 is 18.7 Å². The van der Waals surface area contributed by atoms with E-state index in [4.69, 9.17) is 9.47 Å². The molecule has 0 bridgehead atoms. The summed E-state index contributed by atoms with van der Waals surface area (Å²) < 4.78 is 25.5. The second-order valence-corrected chi connectivity index (χ2v) is 9.25. The Morgan fingerprint density at radius 2 is 1.81 bits per heavy atom. The van der Waals surface area contributed by atoms with Gasteiger partial charge in [0.2, 0.25) is 0 Å². The highest BCUT2D eigenvalue weighted by molar-refractivity contribution is 8.18. The topological polar surface area (TPSA) is 51.1 Å². The first-order valence-corrected chi connectivity index (χ1v) is 13.0. The van der Waals surface area contributed by atoms with Gasteiger partial charge in [-0.2, -0.15) is 0 Å². The van der Waals surface area contributed by atoms with Crippen LogP contribution in [0.3, 0.4) is 0 Å². The molecule has 0 aliphatic carbocycles. The van der Waals surface area contributed by atoms with Crippen LogP contribution in [0.2, 0.25) is 0 Å². The number of hydrogen-bond donors (Lipinski definition) is 0. The van der Waals surface area contributed by atoms with E-state index in [1.165, 1.54) is 23.9 Å². The first-order valence-electron chi connectivity index (χ1n) is 12.1. The Hall–Kier alpha value is -3.84. The molecule has 1 saturated heterocycles. The van der Waals surface area contributed by atoms with Crippen molar-refractivity contribution >= 4 is 34.6 Å². The summed E-state index contributed by atoms with van der Waals surface area (Å²) in [5.74, 6) is 0.837. The fraction of sp³-hybridized carbons (Fsp3) is 0.200. The molecule has 1 fully saturated rings. The van der Waals surface area contributed by atoms with Crippen molar-refractivity contribution in [3.05, 3.63) is 107 Å². The lowest BCUT2D eigenvalue weighted by atomic mass is 10.0. The van der Waals surface area contributed by atoms with Crippen molar-refractivity contribution in [2.75, 3.05) is 13.2 Å². The molecule has 3 aromatic carbocycles. The quantitative estimate of drug-likeness (QED) is 0.212. The average molecular weight is 517 g/mol. The lowest BCUT2D eigenvalue weighted by molar-refractivity contribution is -0.122. The smallest absolute Gasteiger partial charge is 0.266 e. The van der Waals surface area contributed by atoms with Crippen LogP contribution in [0.1, 0.15) is 30.5 Å². The number of benzene rings is 3. The number of likely N-dealkylation sites (N-methyl/N-ethyl adjacent to an activating group) is 1. The largest absolute Gasteiger partial charge is 0.490 e. The van der Waals surface area contributed by atoms with Gasteiger partial charge in [0.15, 0.2) is 16.7 Å². The van der Waals surface area contributed by atoms with Gasteiger partial charge in [-0.15, -0.1) is 6.58 Å². The van der Waals surface area contributed by atoms with Crippen molar-refractivity contribution in [3.8, 4) is 11.5 Å². The zero-order valence-electron chi connectivity index (χ0n) is 20.9. The first kappa shape index (κ1) is 26.2. The van der Waals surface area contributed by atoms with E-state index in [9.17, 15) is 9.18 Å². The van der Waals surface area contributed by atoms with Crippen molar-refractivity contribution in [1.82, 2.24) is 4.90 Å². The van der Waals surface area contributed by atoms with Gasteiger partial charge in [-0.1, -0.05) is 36.4 Å². The molecule has 0 N–H and O–H groups in total. The average Bonchev–Trinajstić information content (AvgIpc) is 3.19. The maximum Gasteiger partial charge on any atom is 0.266 e. The number of amides is 1. The van der Waals surface area contributed by atoms with Gasteiger partial charge in [-0.05, 0) is 85.6 Å². The number of carbonyl (C=O) groups is 1. The van der Waals surface area contributed by atoms with E-state index in [-0.39, 0.29) is 11.7 Å². The first-order chi connectivity index (χ1) is 18.0. The van der Waals surface area contributed by atoms with E-state index in [1.807, 2.05) is 68.5 Å². The Balaban J connectivity index is 1.67. The number of allylic oxidation sites excluding steroid dienone is 1. The van der Waals surface area contributed by atoms with Crippen molar-refractivity contribution in [2.45, 2.75) is 26.9 Å². The summed E-state index contributed by atoms with van der Waals surface area (Å²) in [5.41, 5.74) is 3.39. The summed E-state index contributed by atoms with van der Waals surface area (Å²) in [4.78, 5) is 19.9. The Morgan fingerprint density at radius 1 is 1.05 bits per heavy atom. The Morgan fingerprint density at radius 3 is 2.49 bits per heavy atom. The van der Waals surface area contributed by atoms with Gasteiger partial charge in [0.25, 0.3) is 5.91 Å². The summed E-state index contributed by atoms with van der Waals surface area (Å²) in [6.45, 7) is 9.08. The molecule has 0 unspecified atom stereocenters. The molecule has 4 rings (SSSR count). The van der Waals surface area contributed by atoms with Crippen LogP contribution in [0.15, 0.2) is 89.3 Å². The van der Waals surface area contributed by atoms with E-state index >= 15 is 0 Å². The minimum absolute atomic E-state index is 0.124. The van der Waals surface area contributed by atoms with E-state index in [0.29, 0.717) is 53.4 Å². The predicted molar refractivity (Wildman–Crippen MR) is 149 cm³/mol. The van der Waals surface area contributed by atoms with Gasteiger partial charge >= 0.3 is 0 Å². The van der Waals surface area contributed by atoms with Crippen LogP contribution in [0.5, 0.6) is 11.5 Å². The molecule has 1 aliphatic heterocycles. The molecular formula is C30H29FN2O3S. The second-order valence-electron chi connectivity index (χ2n) is 8.24. The minimum atomic E-state index is -0.330. The van der Waals surface area contributed by atoms with E-state index in [1.54, 1.807) is 17.0 Å². The van der Waals surface area contributed by atoms with Gasteiger partial charge < -0.3 is 9.47 Å². The molecule has 1 heterocycles. The molecule has 37 heavy (non-hydrogen) atoms. The number of rotatable bonds is 10. The highest BCUT2D eigenvalue weighted by Gasteiger charge is 2.32. The number of thioether (sulfide) groups is 1. The van der Waals surface area contributed by atoms with Crippen LogP contribution in [0.25, 0.3) is 6.08 Å². The summed E-state index contributed by atoms with van der Waals surface area (Å²) in [7, 11) is 0. The summed E-state index contributed by atoms with van der Waals surface area (Å²) >= 11 is 1.30. The lowest BCUT2D eigenvalue weighted by Gasteiger charge is -2.17. The fourth-order valence-corrected chi connectivity index (χ4v) is 4.94. The number of ether oxygens (including phenoxy) is 2. The molecule has 3 aromatic rings. The van der Waals surface area contributed by atoms with E-state index in [0.717, 1.165) is 16.7 Å². The van der Waals surface area contributed by atoms with Crippen LogP contribution < -0.4 is 9.47 Å². The van der Waals surface area contributed by atoms with Crippen LogP contribution in [0.4, 0.5) is 10.1 Å². The zero-order valence-corrected chi connectivity index (χ0v) is 21.8. The Bertz CT molecular complexity index is 1320. The van der Waals surface area contributed by atoms with Crippen molar-refractivity contribution in [2.24, 2.45) is 4.99 Å². The molecular weight excluding hydrogens is 487 g/mol. The molecule has 5 nitrogen and oxygen atoms in total. The molecule has 0 saturated carbocycles. The Kier molecular flexibility index (Phi) is 8.80. The highest BCUT2D eigenvalue weighted by Crippen LogP contribution is 2.38. The van der Waals surface area contributed by atoms with Gasteiger partial charge in [-0.3, -0.25) is 9.69 Å². The number of nitrogens with zero attached hydrogens (tertiary/aromatic N) is 2. The summed E-state index contributed by atoms with van der Waals surface area (Å²) in [6.07, 6.45) is 4.25. The standard InChI is InChI=1S/C30H29FN2O3S/c1-4-10-23-17-22(18-26(35-6-3)28(23)36-20-21-11-8-7-9-12-21)19-27-29(34)33(5-2)30(37-27)32-25-15-13-24(31)14-16-25/h4,7-9,11-19H,1,5-6,10,20H2,2-3H3/b27-19+,32-30?. The number of aliphatic imine (C=N–C) groups is 1. The summed E-state index contributed by atoms with van der Waals surface area (Å²) in [6, 6.07) is 19.7. The third kappa shape index (κ3) is 6.49.